The molecule has 2 aromatic rings. The van der Waals surface area contributed by atoms with Crippen LogP contribution in [0, 0.1) is 12.8 Å². The monoisotopic (exact) mass is 493 g/mol. The van der Waals surface area contributed by atoms with E-state index in [2.05, 4.69) is 10.0 Å². The molecule has 4 rings (SSSR count). The molecule has 3 N–H and O–H groups in total. The second kappa shape index (κ2) is 10.7. The van der Waals surface area contributed by atoms with Crippen LogP contribution in [0.5, 0.6) is 5.75 Å². The molecule has 1 aromatic heterocycles. The van der Waals surface area contributed by atoms with Gasteiger partial charge in [-0.05, 0) is 75.1 Å². The Kier molecular flexibility index (Phi) is 7.94. The van der Waals surface area contributed by atoms with E-state index in [9.17, 15) is 13.5 Å². The molecule has 182 valence electrons. The fraction of sp³-hybridized carbons (Fsp3) is 0.625. The SMILES string of the molecule is COc1ccc(-c2sc(NCC3CCCCC3)nc2C)cc1S(=O)(=O)NC1CCCC(O)C1. The standard InChI is InChI=1S/C24H35N3O4S2/c1-16-23(32-24(26-16)25-15-17-7-4-3-5-8-17)18-11-12-21(31-2)22(13-18)33(29,30)27-19-9-6-10-20(28)14-19/h11-13,17,19-20,27-28H,3-10,14-15H2,1-2H3,(H,25,26). The van der Waals surface area contributed by atoms with Crippen LogP contribution in [-0.4, -0.2) is 44.3 Å². The Morgan fingerprint density at radius 1 is 1.15 bits per heavy atom. The number of rotatable bonds is 8. The van der Waals surface area contributed by atoms with Crippen molar-refractivity contribution in [3.63, 3.8) is 0 Å². The molecular weight excluding hydrogens is 458 g/mol. The van der Waals surface area contributed by atoms with Crippen molar-refractivity contribution in [2.45, 2.75) is 81.8 Å². The molecule has 0 saturated heterocycles. The number of aromatic nitrogens is 1. The number of aryl methyl sites for hydroxylation is 1. The van der Waals surface area contributed by atoms with E-state index in [1.54, 1.807) is 23.5 Å². The van der Waals surface area contributed by atoms with E-state index in [1.165, 1.54) is 39.2 Å². The molecular formula is C24H35N3O4S2. The van der Waals surface area contributed by atoms with Gasteiger partial charge in [0.05, 0.1) is 23.8 Å². The molecule has 2 aliphatic carbocycles. The highest BCUT2D eigenvalue weighted by molar-refractivity contribution is 7.89. The maximum atomic E-state index is 13.2. The van der Waals surface area contributed by atoms with E-state index in [0.717, 1.165) is 47.1 Å². The quantitative estimate of drug-likeness (QED) is 0.493. The number of hydrogen-bond donors (Lipinski definition) is 3. The van der Waals surface area contributed by atoms with Crippen molar-refractivity contribution >= 4 is 26.5 Å². The third-order valence-corrected chi connectivity index (χ3v) is 9.45. The normalized spacial score (nSPS) is 22.3. The van der Waals surface area contributed by atoms with E-state index in [1.807, 2.05) is 13.0 Å². The maximum Gasteiger partial charge on any atom is 0.244 e. The summed E-state index contributed by atoms with van der Waals surface area (Å²) >= 11 is 1.56. The number of nitrogens with one attached hydrogen (secondary N) is 2. The lowest BCUT2D eigenvalue weighted by Gasteiger charge is -2.26. The van der Waals surface area contributed by atoms with Crippen molar-refractivity contribution in [3.05, 3.63) is 23.9 Å². The van der Waals surface area contributed by atoms with Crippen LogP contribution in [0.15, 0.2) is 23.1 Å². The van der Waals surface area contributed by atoms with E-state index in [-0.39, 0.29) is 10.9 Å². The summed E-state index contributed by atoms with van der Waals surface area (Å²) in [5.74, 6) is 1.01. The number of hydrogen-bond acceptors (Lipinski definition) is 7. The van der Waals surface area contributed by atoms with Gasteiger partial charge in [-0.25, -0.2) is 18.1 Å². The van der Waals surface area contributed by atoms with Gasteiger partial charge in [-0.15, -0.1) is 0 Å². The highest BCUT2D eigenvalue weighted by Crippen LogP contribution is 2.37. The van der Waals surface area contributed by atoms with Gasteiger partial charge in [0, 0.05) is 12.6 Å². The number of anilines is 1. The van der Waals surface area contributed by atoms with Gasteiger partial charge in [0.1, 0.15) is 10.6 Å². The van der Waals surface area contributed by atoms with Crippen LogP contribution in [0.1, 0.15) is 63.5 Å². The number of benzene rings is 1. The average molecular weight is 494 g/mol. The number of ether oxygens (including phenoxy) is 1. The van der Waals surface area contributed by atoms with Crippen molar-refractivity contribution in [2.75, 3.05) is 19.0 Å². The molecule has 2 aliphatic rings. The summed E-state index contributed by atoms with van der Waals surface area (Å²) in [6, 6.07) is 4.99. The first kappa shape index (κ1) is 24.4. The van der Waals surface area contributed by atoms with E-state index >= 15 is 0 Å². The predicted octanol–water partition coefficient (Wildman–Crippen LogP) is 4.70. The van der Waals surface area contributed by atoms with Crippen molar-refractivity contribution in [1.82, 2.24) is 9.71 Å². The Morgan fingerprint density at radius 2 is 1.94 bits per heavy atom. The molecule has 0 amide bonds. The van der Waals surface area contributed by atoms with Crippen LogP contribution in [0.4, 0.5) is 5.13 Å². The van der Waals surface area contributed by atoms with Crippen LogP contribution in [-0.2, 0) is 10.0 Å². The minimum Gasteiger partial charge on any atom is -0.495 e. The molecule has 2 saturated carbocycles. The summed E-state index contributed by atoms with van der Waals surface area (Å²) in [5, 5.41) is 14.3. The number of aliphatic hydroxyl groups excluding tert-OH is 1. The molecule has 1 heterocycles. The summed E-state index contributed by atoms with van der Waals surface area (Å²) in [4.78, 5) is 5.76. The molecule has 0 radical (unpaired) electrons. The zero-order valence-corrected chi connectivity index (χ0v) is 21.1. The number of thiazole rings is 1. The lowest BCUT2D eigenvalue weighted by atomic mass is 9.89. The maximum absolute atomic E-state index is 13.2. The van der Waals surface area contributed by atoms with Gasteiger partial charge in [-0.2, -0.15) is 0 Å². The zero-order valence-electron chi connectivity index (χ0n) is 19.5. The first-order valence-corrected chi connectivity index (χ1v) is 14.3. The Morgan fingerprint density at radius 3 is 2.67 bits per heavy atom. The lowest BCUT2D eigenvalue weighted by Crippen LogP contribution is -2.39. The second-order valence-corrected chi connectivity index (χ2v) is 12.0. The van der Waals surface area contributed by atoms with E-state index in [4.69, 9.17) is 9.72 Å². The minimum absolute atomic E-state index is 0.118. The Labute approximate surface area is 201 Å². The largest absolute Gasteiger partial charge is 0.495 e. The van der Waals surface area contributed by atoms with Crippen LogP contribution in [0.3, 0.4) is 0 Å². The van der Waals surface area contributed by atoms with Gasteiger partial charge in [-0.1, -0.05) is 30.6 Å². The topological polar surface area (TPSA) is 101 Å². The van der Waals surface area contributed by atoms with E-state index in [0.29, 0.717) is 18.1 Å². The highest BCUT2D eigenvalue weighted by Gasteiger charge is 2.28. The first-order valence-electron chi connectivity index (χ1n) is 12.0. The first-order chi connectivity index (χ1) is 15.9. The predicted molar refractivity (Wildman–Crippen MR) is 132 cm³/mol. The van der Waals surface area contributed by atoms with Gasteiger partial charge in [0.25, 0.3) is 0 Å². The van der Waals surface area contributed by atoms with Crippen LogP contribution in [0.2, 0.25) is 0 Å². The van der Waals surface area contributed by atoms with Crippen molar-refractivity contribution < 1.29 is 18.3 Å². The van der Waals surface area contributed by atoms with Gasteiger partial charge >= 0.3 is 0 Å². The fourth-order valence-electron chi connectivity index (χ4n) is 4.94. The highest BCUT2D eigenvalue weighted by atomic mass is 32.2. The second-order valence-electron chi connectivity index (χ2n) is 9.32. The number of methoxy groups -OCH3 is 1. The Hall–Kier alpha value is -1.68. The zero-order chi connectivity index (χ0) is 23.4. The molecule has 1 aromatic carbocycles. The number of nitrogens with zero attached hydrogens (tertiary/aromatic N) is 1. The summed E-state index contributed by atoms with van der Waals surface area (Å²) in [6.45, 7) is 2.89. The number of aliphatic hydroxyl groups is 1. The molecule has 9 heteroatoms. The molecule has 2 fully saturated rings. The van der Waals surface area contributed by atoms with Gasteiger partial charge in [-0.3, -0.25) is 0 Å². The van der Waals surface area contributed by atoms with Crippen molar-refractivity contribution in [1.29, 1.82) is 0 Å². The Balaban J connectivity index is 1.54. The van der Waals surface area contributed by atoms with Crippen LogP contribution >= 0.6 is 11.3 Å². The summed E-state index contributed by atoms with van der Waals surface area (Å²) in [5.41, 5.74) is 1.68. The molecule has 33 heavy (non-hydrogen) atoms. The van der Waals surface area contributed by atoms with Crippen molar-refractivity contribution in [2.24, 2.45) is 5.92 Å². The van der Waals surface area contributed by atoms with Crippen LogP contribution in [0.25, 0.3) is 10.4 Å². The average Bonchev–Trinajstić information content (AvgIpc) is 3.18. The Bertz CT molecular complexity index is 1050. The smallest absolute Gasteiger partial charge is 0.244 e. The van der Waals surface area contributed by atoms with E-state index < -0.39 is 16.1 Å². The third kappa shape index (κ3) is 6.07. The van der Waals surface area contributed by atoms with Gasteiger partial charge in [0.2, 0.25) is 10.0 Å². The summed E-state index contributed by atoms with van der Waals surface area (Å²) in [6.07, 6.45) is 8.74. The molecule has 0 aliphatic heterocycles. The number of sulfonamides is 1. The molecule has 0 spiro atoms. The molecule has 7 nitrogen and oxygen atoms in total. The molecule has 2 unspecified atom stereocenters. The minimum atomic E-state index is -3.80. The van der Waals surface area contributed by atoms with Crippen molar-refractivity contribution in [3.8, 4) is 16.2 Å². The fourth-order valence-corrected chi connectivity index (χ4v) is 7.39. The molecule has 0 bridgehead atoms. The van der Waals surface area contributed by atoms with Crippen LogP contribution < -0.4 is 14.8 Å². The molecule has 2 atom stereocenters. The summed E-state index contributed by atoms with van der Waals surface area (Å²) in [7, 11) is -2.33. The lowest BCUT2D eigenvalue weighted by molar-refractivity contribution is 0.117. The van der Waals surface area contributed by atoms with Gasteiger partial charge < -0.3 is 15.2 Å². The van der Waals surface area contributed by atoms with Gasteiger partial charge in [0.15, 0.2) is 5.13 Å². The summed E-state index contributed by atoms with van der Waals surface area (Å²) < 4.78 is 34.6. The third-order valence-electron chi connectivity index (χ3n) is 6.75.